The summed E-state index contributed by atoms with van der Waals surface area (Å²) in [4.78, 5) is 0. The predicted octanol–water partition coefficient (Wildman–Crippen LogP) is 3.02. The normalized spacial score (nSPS) is 26.1. The van der Waals surface area contributed by atoms with Crippen LogP contribution < -0.4 is 4.72 Å². The van der Waals surface area contributed by atoms with Crippen LogP contribution in [0.2, 0.25) is 10.0 Å². The number of halogens is 2. The van der Waals surface area contributed by atoms with E-state index in [2.05, 4.69) is 4.72 Å². The molecule has 2 aliphatic rings. The highest BCUT2D eigenvalue weighted by Gasteiger charge is 2.39. The van der Waals surface area contributed by atoms with Crippen LogP contribution in [0.3, 0.4) is 0 Å². The van der Waals surface area contributed by atoms with Gasteiger partial charge in [0.1, 0.15) is 0 Å². The summed E-state index contributed by atoms with van der Waals surface area (Å²) in [6.07, 6.45) is 2.98. The molecule has 0 amide bonds. The SMILES string of the molecule is O=S(=O)(NC1CC1)C1CCOCC1Cc1ccc(Cl)cc1Cl. The van der Waals surface area contributed by atoms with Crippen molar-refractivity contribution in [1.82, 2.24) is 4.72 Å². The van der Waals surface area contributed by atoms with Gasteiger partial charge in [-0.05, 0) is 43.4 Å². The molecule has 0 radical (unpaired) electrons. The molecule has 2 fully saturated rings. The van der Waals surface area contributed by atoms with E-state index in [4.69, 9.17) is 27.9 Å². The summed E-state index contributed by atoms with van der Waals surface area (Å²) < 4.78 is 33.4. The van der Waals surface area contributed by atoms with Gasteiger partial charge in [-0.3, -0.25) is 0 Å². The smallest absolute Gasteiger partial charge is 0.215 e. The Labute approximate surface area is 141 Å². The second kappa shape index (κ2) is 6.65. The summed E-state index contributed by atoms with van der Waals surface area (Å²) in [5, 5.41) is 0.728. The molecule has 2 unspecified atom stereocenters. The maximum atomic E-state index is 12.6. The van der Waals surface area contributed by atoms with Crippen LogP contribution in [-0.4, -0.2) is 32.9 Å². The first-order valence-corrected chi connectivity index (χ1v) is 9.79. The zero-order valence-corrected chi connectivity index (χ0v) is 14.4. The van der Waals surface area contributed by atoms with Crippen molar-refractivity contribution in [2.24, 2.45) is 5.92 Å². The highest BCUT2D eigenvalue weighted by molar-refractivity contribution is 7.90. The van der Waals surface area contributed by atoms with Crippen LogP contribution in [0.4, 0.5) is 0 Å². The summed E-state index contributed by atoms with van der Waals surface area (Å²) in [6.45, 7) is 0.927. The van der Waals surface area contributed by atoms with Gasteiger partial charge in [0, 0.05) is 28.6 Å². The van der Waals surface area contributed by atoms with E-state index in [0.29, 0.717) is 36.1 Å². The number of benzene rings is 1. The fraction of sp³-hybridized carbons (Fsp3) is 0.600. The van der Waals surface area contributed by atoms with Crippen LogP contribution in [0.25, 0.3) is 0 Å². The molecule has 4 nitrogen and oxygen atoms in total. The molecule has 122 valence electrons. The molecule has 0 aromatic heterocycles. The minimum atomic E-state index is -3.31. The van der Waals surface area contributed by atoms with Crippen molar-refractivity contribution >= 4 is 33.2 Å². The van der Waals surface area contributed by atoms with E-state index in [-0.39, 0.29) is 12.0 Å². The predicted molar refractivity (Wildman–Crippen MR) is 88.0 cm³/mol. The number of nitrogens with one attached hydrogen (secondary N) is 1. The summed E-state index contributed by atoms with van der Waals surface area (Å²) in [5.41, 5.74) is 0.910. The lowest BCUT2D eigenvalue weighted by atomic mass is 9.93. The maximum Gasteiger partial charge on any atom is 0.215 e. The molecule has 1 saturated heterocycles. The lowest BCUT2D eigenvalue weighted by molar-refractivity contribution is 0.0570. The third kappa shape index (κ3) is 3.95. The largest absolute Gasteiger partial charge is 0.381 e. The molecule has 3 rings (SSSR count). The minimum Gasteiger partial charge on any atom is -0.381 e. The Bertz CT molecular complexity index is 646. The summed E-state index contributed by atoms with van der Waals surface area (Å²) in [5.74, 6) is -0.0938. The zero-order chi connectivity index (χ0) is 15.7. The van der Waals surface area contributed by atoms with Gasteiger partial charge in [-0.2, -0.15) is 0 Å². The molecule has 1 aromatic carbocycles. The first-order chi connectivity index (χ1) is 10.5. The number of ether oxygens (including phenoxy) is 1. The molecule has 1 aliphatic carbocycles. The van der Waals surface area contributed by atoms with Crippen molar-refractivity contribution in [2.45, 2.75) is 37.0 Å². The highest BCUT2D eigenvalue weighted by atomic mass is 35.5. The number of hydrogen-bond donors (Lipinski definition) is 1. The average molecular weight is 364 g/mol. The fourth-order valence-corrected chi connectivity index (χ4v) is 5.32. The van der Waals surface area contributed by atoms with E-state index in [9.17, 15) is 8.42 Å². The van der Waals surface area contributed by atoms with E-state index in [1.54, 1.807) is 12.1 Å². The lowest BCUT2D eigenvalue weighted by Crippen LogP contribution is -2.45. The third-order valence-corrected chi connectivity index (χ3v) is 6.88. The van der Waals surface area contributed by atoms with Gasteiger partial charge in [0.25, 0.3) is 0 Å². The van der Waals surface area contributed by atoms with Gasteiger partial charge >= 0.3 is 0 Å². The Kier molecular flexibility index (Phi) is 5.00. The van der Waals surface area contributed by atoms with Crippen molar-refractivity contribution in [3.05, 3.63) is 33.8 Å². The Morgan fingerprint density at radius 1 is 1.23 bits per heavy atom. The molecular weight excluding hydrogens is 345 g/mol. The molecule has 1 aliphatic heterocycles. The third-order valence-electron chi connectivity index (χ3n) is 4.21. The highest BCUT2D eigenvalue weighted by Crippen LogP contribution is 2.30. The van der Waals surface area contributed by atoms with Crippen molar-refractivity contribution in [2.75, 3.05) is 13.2 Å². The summed E-state index contributed by atoms with van der Waals surface area (Å²) in [7, 11) is -3.31. The minimum absolute atomic E-state index is 0.0938. The second-order valence-corrected chi connectivity index (χ2v) is 8.81. The van der Waals surface area contributed by atoms with Gasteiger partial charge in [0.15, 0.2) is 0 Å². The van der Waals surface area contributed by atoms with E-state index in [0.717, 1.165) is 18.4 Å². The van der Waals surface area contributed by atoms with Crippen LogP contribution >= 0.6 is 23.2 Å². The molecule has 1 heterocycles. The molecule has 7 heteroatoms. The van der Waals surface area contributed by atoms with Gasteiger partial charge in [0.2, 0.25) is 10.0 Å². The van der Waals surface area contributed by atoms with Gasteiger partial charge in [-0.25, -0.2) is 13.1 Å². The Balaban J connectivity index is 1.77. The van der Waals surface area contributed by atoms with Gasteiger partial charge in [0.05, 0.1) is 11.9 Å². The van der Waals surface area contributed by atoms with Crippen LogP contribution in [0.15, 0.2) is 18.2 Å². The second-order valence-electron chi connectivity index (χ2n) is 6.04. The molecule has 0 spiro atoms. The van der Waals surface area contributed by atoms with Crippen molar-refractivity contribution in [3.8, 4) is 0 Å². The standard InChI is InChI=1S/C15H19Cl2NO3S/c16-12-2-1-10(14(17)8-12)7-11-9-21-6-5-15(11)22(19,20)18-13-3-4-13/h1-2,8,11,13,15,18H,3-7,9H2. The van der Waals surface area contributed by atoms with Gasteiger partial charge < -0.3 is 4.74 Å². The Hall–Kier alpha value is -0.330. The van der Waals surface area contributed by atoms with E-state index < -0.39 is 15.3 Å². The maximum absolute atomic E-state index is 12.6. The average Bonchev–Trinajstić information content (AvgIpc) is 3.26. The fourth-order valence-electron chi connectivity index (χ4n) is 2.87. The monoisotopic (exact) mass is 363 g/mol. The van der Waals surface area contributed by atoms with Crippen LogP contribution in [-0.2, 0) is 21.2 Å². The number of sulfonamides is 1. The molecule has 1 N–H and O–H groups in total. The quantitative estimate of drug-likeness (QED) is 0.874. The lowest BCUT2D eigenvalue weighted by Gasteiger charge is -2.31. The summed E-state index contributed by atoms with van der Waals surface area (Å²) in [6, 6.07) is 5.46. The summed E-state index contributed by atoms with van der Waals surface area (Å²) >= 11 is 12.1. The van der Waals surface area contributed by atoms with Crippen LogP contribution in [0, 0.1) is 5.92 Å². The van der Waals surface area contributed by atoms with E-state index in [1.165, 1.54) is 0 Å². The molecular formula is C15H19Cl2NO3S. The first-order valence-electron chi connectivity index (χ1n) is 7.48. The van der Waals surface area contributed by atoms with Gasteiger partial charge in [-0.15, -0.1) is 0 Å². The molecule has 0 bridgehead atoms. The number of hydrogen-bond acceptors (Lipinski definition) is 3. The molecule has 1 aromatic rings. The van der Waals surface area contributed by atoms with Crippen molar-refractivity contribution in [3.63, 3.8) is 0 Å². The number of rotatable bonds is 5. The Morgan fingerprint density at radius 2 is 2.00 bits per heavy atom. The van der Waals surface area contributed by atoms with Gasteiger partial charge in [-0.1, -0.05) is 29.3 Å². The Morgan fingerprint density at radius 3 is 2.68 bits per heavy atom. The molecule has 1 saturated carbocycles. The first kappa shape index (κ1) is 16.5. The topological polar surface area (TPSA) is 55.4 Å². The van der Waals surface area contributed by atoms with Crippen LogP contribution in [0.1, 0.15) is 24.8 Å². The zero-order valence-electron chi connectivity index (χ0n) is 12.1. The van der Waals surface area contributed by atoms with Crippen molar-refractivity contribution in [1.29, 1.82) is 0 Å². The molecule has 22 heavy (non-hydrogen) atoms. The van der Waals surface area contributed by atoms with Crippen molar-refractivity contribution < 1.29 is 13.2 Å². The molecule has 2 atom stereocenters. The van der Waals surface area contributed by atoms with Crippen LogP contribution in [0.5, 0.6) is 0 Å². The van der Waals surface area contributed by atoms with E-state index in [1.807, 2.05) is 6.07 Å². The van der Waals surface area contributed by atoms with E-state index >= 15 is 0 Å².